The molecular formula is C11H10BrN3O2. The number of halogens is 1. The van der Waals surface area contributed by atoms with Crippen molar-refractivity contribution < 1.29 is 4.79 Å². The van der Waals surface area contributed by atoms with Crippen LogP contribution in [0.15, 0.2) is 33.7 Å². The van der Waals surface area contributed by atoms with Crippen LogP contribution < -0.4 is 11.0 Å². The average Bonchev–Trinajstić information content (AvgIpc) is 2.63. The van der Waals surface area contributed by atoms with Gasteiger partial charge in [-0.15, -0.1) is 0 Å². The van der Waals surface area contributed by atoms with Crippen molar-refractivity contribution in [2.75, 3.05) is 5.32 Å². The largest absolute Gasteiger partial charge is 0.323 e. The van der Waals surface area contributed by atoms with Gasteiger partial charge in [-0.05, 0) is 30.7 Å². The van der Waals surface area contributed by atoms with E-state index in [1.807, 2.05) is 19.1 Å². The second-order valence-electron chi connectivity index (χ2n) is 3.63. The smallest absolute Gasteiger partial charge is 0.321 e. The normalized spacial score (nSPS) is 10.2. The number of rotatable bonds is 2. The van der Waals surface area contributed by atoms with E-state index in [4.69, 9.17) is 0 Å². The average molecular weight is 296 g/mol. The van der Waals surface area contributed by atoms with E-state index in [0.717, 1.165) is 10.0 Å². The van der Waals surface area contributed by atoms with E-state index in [0.29, 0.717) is 5.69 Å². The minimum absolute atomic E-state index is 0.202. The highest BCUT2D eigenvalue weighted by molar-refractivity contribution is 9.10. The number of imidazole rings is 1. The Morgan fingerprint density at radius 3 is 2.71 bits per heavy atom. The van der Waals surface area contributed by atoms with Crippen molar-refractivity contribution in [1.29, 1.82) is 0 Å². The van der Waals surface area contributed by atoms with Crippen molar-refractivity contribution >= 4 is 27.5 Å². The summed E-state index contributed by atoms with van der Waals surface area (Å²) in [6.07, 6.45) is 1.34. The molecule has 0 saturated heterocycles. The van der Waals surface area contributed by atoms with Crippen LogP contribution in [0, 0.1) is 6.92 Å². The molecule has 88 valence electrons. The number of H-pyrrole nitrogens is 2. The van der Waals surface area contributed by atoms with Gasteiger partial charge in [0, 0.05) is 16.4 Å². The first-order valence-electron chi connectivity index (χ1n) is 4.91. The summed E-state index contributed by atoms with van der Waals surface area (Å²) in [6.45, 7) is 1.93. The first kappa shape index (κ1) is 11.7. The third kappa shape index (κ3) is 2.85. The van der Waals surface area contributed by atoms with Gasteiger partial charge in [0.15, 0.2) is 0 Å². The molecule has 2 aromatic rings. The molecular weight excluding hydrogens is 286 g/mol. The summed E-state index contributed by atoms with van der Waals surface area (Å²) in [5, 5.41) is 2.69. The highest BCUT2D eigenvalue weighted by atomic mass is 79.9. The first-order valence-corrected chi connectivity index (χ1v) is 5.70. The van der Waals surface area contributed by atoms with Crippen LogP contribution in [0.25, 0.3) is 0 Å². The number of aromatic amines is 2. The van der Waals surface area contributed by atoms with Crippen LogP contribution in [-0.2, 0) is 0 Å². The van der Waals surface area contributed by atoms with E-state index >= 15 is 0 Å². The maximum Gasteiger partial charge on any atom is 0.323 e. The van der Waals surface area contributed by atoms with Crippen molar-refractivity contribution in [2.24, 2.45) is 0 Å². The van der Waals surface area contributed by atoms with Crippen LogP contribution in [0.2, 0.25) is 0 Å². The molecule has 1 aromatic heterocycles. The Labute approximate surface area is 105 Å². The maximum absolute atomic E-state index is 11.7. The third-order valence-corrected chi connectivity index (χ3v) is 2.60. The van der Waals surface area contributed by atoms with E-state index in [2.05, 4.69) is 31.2 Å². The topological polar surface area (TPSA) is 77.8 Å². The van der Waals surface area contributed by atoms with Gasteiger partial charge in [0.25, 0.3) is 5.91 Å². The van der Waals surface area contributed by atoms with Crippen LogP contribution in [-0.4, -0.2) is 15.9 Å². The summed E-state index contributed by atoms with van der Waals surface area (Å²) < 4.78 is 0.885. The van der Waals surface area contributed by atoms with Gasteiger partial charge in [-0.1, -0.05) is 15.9 Å². The molecule has 0 aliphatic rings. The van der Waals surface area contributed by atoms with E-state index in [-0.39, 0.29) is 11.6 Å². The summed E-state index contributed by atoms with van der Waals surface area (Å²) in [5.41, 5.74) is 1.49. The van der Waals surface area contributed by atoms with Gasteiger partial charge in [-0.2, -0.15) is 0 Å². The van der Waals surface area contributed by atoms with Crippen molar-refractivity contribution in [3.05, 3.63) is 50.6 Å². The number of hydrogen-bond donors (Lipinski definition) is 3. The third-order valence-electron chi connectivity index (χ3n) is 2.14. The molecule has 0 saturated carbocycles. The Balaban J connectivity index is 2.21. The molecule has 2 rings (SSSR count). The van der Waals surface area contributed by atoms with Crippen LogP contribution in [0.5, 0.6) is 0 Å². The number of amides is 1. The standard InChI is InChI=1S/C11H10BrN3O2/c1-6-2-7(12)4-8(3-6)14-10(16)9-5-13-11(17)15-9/h2-5H,1H3,(H,14,16)(H2,13,15,17). The van der Waals surface area contributed by atoms with Crippen molar-refractivity contribution in [3.63, 3.8) is 0 Å². The van der Waals surface area contributed by atoms with Crippen molar-refractivity contribution in [2.45, 2.75) is 6.92 Å². The quantitative estimate of drug-likeness (QED) is 0.793. The number of aromatic nitrogens is 2. The highest BCUT2D eigenvalue weighted by Gasteiger charge is 2.08. The molecule has 0 atom stereocenters. The van der Waals surface area contributed by atoms with E-state index in [1.165, 1.54) is 6.20 Å². The van der Waals surface area contributed by atoms with E-state index in [1.54, 1.807) is 6.07 Å². The van der Waals surface area contributed by atoms with Gasteiger partial charge in [0.2, 0.25) is 0 Å². The van der Waals surface area contributed by atoms with E-state index < -0.39 is 5.69 Å². The fourth-order valence-electron chi connectivity index (χ4n) is 1.46. The molecule has 0 radical (unpaired) electrons. The maximum atomic E-state index is 11.7. The Kier molecular flexibility index (Phi) is 3.14. The minimum atomic E-state index is -0.402. The number of benzene rings is 1. The van der Waals surface area contributed by atoms with Crippen LogP contribution in [0.3, 0.4) is 0 Å². The molecule has 17 heavy (non-hydrogen) atoms. The molecule has 0 bridgehead atoms. The number of carbonyl (C=O) groups excluding carboxylic acids is 1. The van der Waals surface area contributed by atoms with Crippen molar-refractivity contribution in [3.8, 4) is 0 Å². The molecule has 1 amide bonds. The fourth-order valence-corrected chi connectivity index (χ4v) is 2.07. The summed E-state index contributed by atoms with van der Waals surface area (Å²) >= 11 is 3.35. The zero-order valence-corrected chi connectivity index (χ0v) is 10.6. The number of carbonyl (C=O) groups is 1. The molecule has 0 unspecified atom stereocenters. The second kappa shape index (κ2) is 4.58. The molecule has 0 spiro atoms. The Bertz CT molecular complexity index is 595. The SMILES string of the molecule is Cc1cc(Br)cc(NC(=O)c2c[nH]c(=O)[nH]2)c1. The predicted molar refractivity (Wildman–Crippen MR) is 68.2 cm³/mol. The number of aryl methyl sites for hydroxylation is 1. The van der Waals surface area contributed by atoms with Gasteiger partial charge >= 0.3 is 5.69 Å². The van der Waals surface area contributed by atoms with E-state index in [9.17, 15) is 9.59 Å². The van der Waals surface area contributed by atoms with Gasteiger partial charge in [-0.3, -0.25) is 4.79 Å². The highest BCUT2D eigenvalue weighted by Crippen LogP contribution is 2.19. The fraction of sp³-hybridized carbons (Fsp3) is 0.0909. The molecule has 1 heterocycles. The monoisotopic (exact) mass is 295 g/mol. The molecule has 0 aliphatic carbocycles. The Hall–Kier alpha value is -1.82. The summed E-state index contributed by atoms with van der Waals surface area (Å²) in [4.78, 5) is 27.4. The lowest BCUT2D eigenvalue weighted by molar-refractivity contribution is 0.102. The molecule has 1 aromatic carbocycles. The summed E-state index contributed by atoms with van der Waals surface area (Å²) in [7, 11) is 0. The first-order chi connectivity index (χ1) is 8.04. The lowest BCUT2D eigenvalue weighted by Crippen LogP contribution is -2.14. The molecule has 0 fully saturated rings. The Morgan fingerprint density at radius 2 is 2.12 bits per heavy atom. The summed E-state index contributed by atoms with van der Waals surface area (Å²) in [5.74, 6) is -0.360. The van der Waals surface area contributed by atoms with Crippen LogP contribution in [0.4, 0.5) is 5.69 Å². The molecule has 3 N–H and O–H groups in total. The lowest BCUT2D eigenvalue weighted by atomic mass is 10.2. The second-order valence-corrected chi connectivity index (χ2v) is 4.54. The zero-order chi connectivity index (χ0) is 12.4. The van der Waals surface area contributed by atoms with Crippen LogP contribution in [0.1, 0.15) is 16.1 Å². The number of anilines is 1. The van der Waals surface area contributed by atoms with Gasteiger partial charge in [0.05, 0.1) is 0 Å². The van der Waals surface area contributed by atoms with Crippen LogP contribution >= 0.6 is 15.9 Å². The molecule has 0 aliphatic heterocycles. The molecule has 6 heteroatoms. The minimum Gasteiger partial charge on any atom is -0.321 e. The molecule has 5 nitrogen and oxygen atoms in total. The summed E-state index contributed by atoms with van der Waals surface area (Å²) in [6, 6.07) is 5.57. The lowest BCUT2D eigenvalue weighted by Gasteiger charge is -2.05. The number of hydrogen-bond acceptors (Lipinski definition) is 2. The van der Waals surface area contributed by atoms with Gasteiger partial charge < -0.3 is 15.3 Å². The van der Waals surface area contributed by atoms with Gasteiger partial charge in [0.1, 0.15) is 5.69 Å². The zero-order valence-electron chi connectivity index (χ0n) is 9.00. The van der Waals surface area contributed by atoms with Crippen molar-refractivity contribution in [1.82, 2.24) is 9.97 Å². The van der Waals surface area contributed by atoms with Gasteiger partial charge in [-0.25, -0.2) is 4.79 Å². The Morgan fingerprint density at radius 1 is 1.35 bits per heavy atom. The number of nitrogens with one attached hydrogen (secondary N) is 3. The predicted octanol–water partition coefficient (Wildman–Crippen LogP) is 2.03.